The number of hydrogen-bond donors (Lipinski definition) is 1. The van der Waals surface area contributed by atoms with Crippen molar-refractivity contribution in [2.24, 2.45) is 11.8 Å². The van der Waals surface area contributed by atoms with Crippen molar-refractivity contribution >= 4 is 23.1 Å². The van der Waals surface area contributed by atoms with E-state index in [-0.39, 0.29) is 18.9 Å². The lowest BCUT2D eigenvalue weighted by molar-refractivity contribution is -0.157. The topological polar surface area (TPSA) is 63.6 Å². The van der Waals surface area contributed by atoms with Crippen LogP contribution in [0, 0.1) is 11.8 Å². The van der Waals surface area contributed by atoms with Gasteiger partial charge in [0.15, 0.2) is 5.78 Å². The van der Waals surface area contributed by atoms with Crippen molar-refractivity contribution in [2.75, 3.05) is 6.61 Å². The van der Waals surface area contributed by atoms with E-state index >= 15 is 0 Å². The van der Waals surface area contributed by atoms with Gasteiger partial charge in [0.1, 0.15) is 0 Å². The van der Waals surface area contributed by atoms with Crippen LogP contribution in [0.2, 0.25) is 0 Å². The number of thiophene rings is 1. The standard InChI is InChI=1S/C16H24O4S/c1-4-20-16(19)15(18)14(17)9-13(11(2)3)6-5-12-7-8-21-10-12/h7-8,10-11,13,15,18H,4-6,9H2,1-3H3. The molecule has 1 N–H and O–H groups in total. The van der Waals surface area contributed by atoms with Crippen molar-refractivity contribution in [1.29, 1.82) is 0 Å². The Morgan fingerprint density at radius 3 is 2.62 bits per heavy atom. The van der Waals surface area contributed by atoms with Crippen molar-refractivity contribution < 1.29 is 19.4 Å². The minimum Gasteiger partial charge on any atom is -0.464 e. The first-order valence-corrected chi connectivity index (χ1v) is 8.28. The largest absolute Gasteiger partial charge is 0.464 e. The molecule has 4 nitrogen and oxygen atoms in total. The summed E-state index contributed by atoms with van der Waals surface area (Å²) in [6.45, 7) is 5.92. The number of hydrogen-bond acceptors (Lipinski definition) is 5. The van der Waals surface area contributed by atoms with E-state index in [2.05, 4.69) is 30.0 Å². The number of esters is 1. The monoisotopic (exact) mass is 312 g/mol. The number of rotatable bonds is 9. The highest BCUT2D eigenvalue weighted by Gasteiger charge is 2.28. The van der Waals surface area contributed by atoms with Gasteiger partial charge >= 0.3 is 5.97 Å². The number of Topliss-reactive ketones (excluding diaryl/α,β-unsaturated/α-hetero) is 1. The van der Waals surface area contributed by atoms with Crippen LogP contribution in [0.5, 0.6) is 0 Å². The Kier molecular flexibility index (Phi) is 7.61. The summed E-state index contributed by atoms with van der Waals surface area (Å²) in [5.74, 6) is -0.816. The summed E-state index contributed by atoms with van der Waals surface area (Å²) in [6.07, 6.45) is 0.347. The van der Waals surface area contributed by atoms with Crippen LogP contribution in [0.1, 0.15) is 39.2 Å². The number of aliphatic hydroxyl groups is 1. The van der Waals surface area contributed by atoms with Crippen molar-refractivity contribution in [2.45, 2.75) is 46.1 Å². The van der Waals surface area contributed by atoms with Crippen LogP contribution in [0.3, 0.4) is 0 Å². The highest BCUT2D eigenvalue weighted by atomic mass is 32.1. The molecule has 0 radical (unpaired) electrons. The molecule has 0 saturated carbocycles. The first kappa shape index (κ1) is 17.9. The molecular weight excluding hydrogens is 288 g/mol. The van der Waals surface area contributed by atoms with Crippen LogP contribution in [-0.4, -0.2) is 29.6 Å². The summed E-state index contributed by atoms with van der Waals surface area (Å²) in [5, 5.41) is 13.8. The second kappa shape index (κ2) is 8.95. The van der Waals surface area contributed by atoms with Crippen LogP contribution in [0.4, 0.5) is 0 Å². The second-order valence-electron chi connectivity index (χ2n) is 5.50. The van der Waals surface area contributed by atoms with E-state index in [4.69, 9.17) is 0 Å². The van der Waals surface area contributed by atoms with Crippen LogP contribution >= 0.6 is 11.3 Å². The van der Waals surface area contributed by atoms with Crippen molar-refractivity contribution in [3.05, 3.63) is 22.4 Å². The molecule has 1 rings (SSSR count). The first-order chi connectivity index (χ1) is 9.95. The van der Waals surface area contributed by atoms with E-state index in [1.165, 1.54) is 5.56 Å². The summed E-state index contributed by atoms with van der Waals surface area (Å²) in [6, 6.07) is 2.08. The maximum atomic E-state index is 12.0. The highest BCUT2D eigenvalue weighted by Crippen LogP contribution is 2.23. The van der Waals surface area contributed by atoms with Crippen LogP contribution in [0.15, 0.2) is 16.8 Å². The Morgan fingerprint density at radius 1 is 1.38 bits per heavy atom. The lowest BCUT2D eigenvalue weighted by atomic mass is 9.85. The summed E-state index contributed by atoms with van der Waals surface area (Å²) < 4.78 is 4.68. The summed E-state index contributed by atoms with van der Waals surface area (Å²) in [4.78, 5) is 23.4. The Bertz CT molecular complexity index is 439. The molecule has 0 bridgehead atoms. The van der Waals surface area contributed by atoms with E-state index in [0.29, 0.717) is 5.92 Å². The molecule has 1 heterocycles. The van der Waals surface area contributed by atoms with Gasteiger partial charge in [0.2, 0.25) is 6.10 Å². The smallest absolute Gasteiger partial charge is 0.342 e. The molecule has 1 aromatic rings. The van der Waals surface area contributed by atoms with Gasteiger partial charge in [0.25, 0.3) is 0 Å². The van der Waals surface area contributed by atoms with Crippen LogP contribution in [-0.2, 0) is 20.7 Å². The SMILES string of the molecule is CCOC(=O)C(O)C(=O)CC(CCc1ccsc1)C(C)C. The normalized spacial score (nSPS) is 14.0. The van der Waals surface area contributed by atoms with Gasteiger partial charge < -0.3 is 9.84 Å². The highest BCUT2D eigenvalue weighted by molar-refractivity contribution is 7.07. The summed E-state index contributed by atoms with van der Waals surface area (Å²) in [5.41, 5.74) is 1.27. The Morgan fingerprint density at radius 2 is 2.10 bits per heavy atom. The zero-order valence-corrected chi connectivity index (χ0v) is 13.7. The van der Waals surface area contributed by atoms with Crippen molar-refractivity contribution in [3.8, 4) is 0 Å². The number of ether oxygens (including phenoxy) is 1. The quantitative estimate of drug-likeness (QED) is 0.562. The number of ketones is 1. The van der Waals surface area contributed by atoms with E-state index in [0.717, 1.165) is 12.8 Å². The van der Waals surface area contributed by atoms with Gasteiger partial charge in [-0.3, -0.25) is 4.79 Å². The summed E-state index contributed by atoms with van der Waals surface area (Å²) >= 11 is 1.66. The molecule has 0 aromatic carbocycles. The van der Waals surface area contributed by atoms with Crippen molar-refractivity contribution in [3.63, 3.8) is 0 Å². The predicted molar refractivity (Wildman–Crippen MR) is 83.2 cm³/mol. The fraction of sp³-hybridized carbons (Fsp3) is 0.625. The van der Waals surface area contributed by atoms with Gasteiger partial charge in [-0.25, -0.2) is 4.79 Å². The molecular formula is C16H24O4S. The number of carbonyl (C=O) groups excluding carboxylic acids is 2. The molecule has 0 aliphatic heterocycles. The first-order valence-electron chi connectivity index (χ1n) is 7.34. The average molecular weight is 312 g/mol. The van der Waals surface area contributed by atoms with Gasteiger partial charge in [-0.2, -0.15) is 11.3 Å². The van der Waals surface area contributed by atoms with Crippen LogP contribution < -0.4 is 0 Å². The van der Waals surface area contributed by atoms with Gasteiger partial charge in [0.05, 0.1) is 6.61 Å². The summed E-state index contributed by atoms with van der Waals surface area (Å²) in [7, 11) is 0. The number of aliphatic hydroxyl groups excluding tert-OH is 1. The molecule has 2 atom stereocenters. The molecule has 5 heteroatoms. The Hall–Kier alpha value is -1.20. The Labute approximate surface area is 130 Å². The van der Waals surface area contributed by atoms with Crippen LogP contribution in [0.25, 0.3) is 0 Å². The fourth-order valence-electron chi connectivity index (χ4n) is 2.18. The van der Waals surface area contributed by atoms with Gasteiger partial charge in [-0.05, 0) is 54.0 Å². The maximum Gasteiger partial charge on any atom is 0.342 e. The molecule has 0 amide bonds. The molecule has 0 aliphatic carbocycles. The van der Waals surface area contributed by atoms with Crippen molar-refractivity contribution in [1.82, 2.24) is 0 Å². The third-order valence-corrected chi connectivity index (χ3v) is 4.34. The molecule has 21 heavy (non-hydrogen) atoms. The zero-order chi connectivity index (χ0) is 15.8. The molecule has 0 aliphatic rings. The minimum absolute atomic E-state index is 0.154. The lowest BCUT2D eigenvalue weighted by Crippen LogP contribution is -2.33. The Balaban J connectivity index is 2.53. The predicted octanol–water partition coefficient (Wildman–Crippen LogP) is 2.84. The maximum absolute atomic E-state index is 12.0. The van der Waals surface area contributed by atoms with Gasteiger partial charge in [-0.15, -0.1) is 0 Å². The molecule has 0 spiro atoms. The van der Waals surface area contributed by atoms with E-state index in [9.17, 15) is 14.7 Å². The molecule has 2 unspecified atom stereocenters. The zero-order valence-electron chi connectivity index (χ0n) is 12.9. The van der Waals surface area contributed by atoms with E-state index in [1.54, 1.807) is 18.3 Å². The number of aryl methyl sites for hydroxylation is 1. The molecule has 0 fully saturated rings. The van der Waals surface area contributed by atoms with E-state index in [1.807, 2.05) is 5.38 Å². The van der Waals surface area contributed by atoms with Gasteiger partial charge in [0, 0.05) is 6.42 Å². The lowest BCUT2D eigenvalue weighted by Gasteiger charge is -2.21. The van der Waals surface area contributed by atoms with Gasteiger partial charge in [-0.1, -0.05) is 13.8 Å². The fourth-order valence-corrected chi connectivity index (χ4v) is 2.88. The third-order valence-electron chi connectivity index (χ3n) is 3.60. The van der Waals surface area contributed by atoms with E-state index < -0.39 is 17.9 Å². The molecule has 118 valence electrons. The number of carbonyl (C=O) groups is 2. The molecule has 1 aromatic heterocycles. The minimum atomic E-state index is -1.65. The average Bonchev–Trinajstić information content (AvgIpc) is 2.95. The second-order valence-corrected chi connectivity index (χ2v) is 6.28. The third kappa shape index (κ3) is 5.98. The molecule has 0 saturated heterocycles.